The summed E-state index contributed by atoms with van der Waals surface area (Å²) in [7, 11) is 0. The number of hydrogen-bond donors (Lipinski definition) is 4. The number of nitrogens with one attached hydrogen (secondary N) is 4. The molecule has 2 aromatic carbocycles. The summed E-state index contributed by atoms with van der Waals surface area (Å²) in [4.78, 5) is 27.4. The molecule has 1 aromatic heterocycles. The summed E-state index contributed by atoms with van der Waals surface area (Å²) in [6, 6.07) is 14.9. The molecule has 6 nitrogen and oxygen atoms in total. The van der Waals surface area contributed by atoms with Gasteiger partial charge in [-0.3, -0.25) is 9.59 Å². The van der Waals surface area contributed by atoms with Crippen LogP contribution >= 0.6 is 0 Å². The smallest absolute Gasteiger partial charge is 0.268 e. The quantitative estimate of drug-likeness (QED) is 0.537. The number of aromatic nitrogens is 1. The van der Waals surface area contributed by atoms with E-state index >= 15 is 0 Å². The maximum absolute atomic E-state index is 13.0. The summed E-state index contributed by atoms with van der Waals surface area (Å²) in [5, 5.41) is 9.21. The van der Waals surface area contributed by atoms with Crippen LogP contribution in [0.3, 0.4) is 0 Å². The van der Waals surface area contributed by atoms with Crippen molar-refractivity contribution in [1.29, 1.82) is 0 Å². The van der Waals surface area contributed by atoms with Crippen LogP contribution in [0.15, 0.2) is 60.8 Å². The fourth-order valence-corrected chi connectivity index (χ4v) is 3.46. The van der Waals surface area contributed by atoms with Crippen LogP contribution in [0.25, 0.3) is 0 Å². The highest BCUT2D eigenvalue weighted by Crippen LogP contribution is 2.23. The molecule has 0 saturated heterocycles. The lowest BCUT2D eigenvalue weighted by atomic mass is 10.0. The molecule has 2 amide bonds. The van der Waals surface area contributed by atoms with Crippen LogP contribution in [-0.4, -0.2) is 23.3 Å². The second kappa shape index (κ2) is 8.28. The van der Waals surface area contributed by atoms with Gasteiger partial charge >= 0.3 is 0 Å². The van der Waals surface area contributed by atoms with E-state index in [4.69, 9.17) is 0 Å². The summed E-state index contributed by atoms with van der Waals surface area (Å²) >= 11 is 0. The first-order chi connectivity index (χ1) is 14.1. The minimum absolute atomic E-state index is 0.0488. The molecule has 2 heterocycles. The van der Waals surface area contributed by atoms with Gasteiger partial charge in [0.15, 0.2) is 0 Å². The molecule has 0 radical (unpaired) electrons. The number of carbonyl (C=O) groups is 2. The molecule has 4 N–H and O–H groups in total. The second-order valence-electron chi connectivity index (χ2n) is 6.95. The predicted octanol–water partition coefficient (Wildman–Crippen LogP) is 3.37. The van der Waals surface area contributed by atoms with Crippen LogP contribution in [0.2, 0.25) is 0 Å². The average Bonchev–Trinajstić information content (AvgIpc) is 3.15. The summed E-state index contributed by atoms with van der Waals surface area (Å²) in [6.07, 6.45) is 2.56. The monoisotopic (exact) mass is 392 g/mol. The Morgan fingerprint density at radius 2 is 1.97 bits per heavy atom. The number of benzene rings is 2. The minimum Gasteiger partial charge on any atom is -0.357 e. The maximum Gasteiger partial charge on any atom is 0.268 e. The SMILES string of the molecule is O=C(Nc1cccc(CNC2CCNC(=O)c3[nH]ccc32)c1)c1ccc(F)cc1. The van der Waals surface area contributed by atoms with Gasteiger partial charge in [0.05, 0.1) is 0 Å². The zero-order valence-electron chi connectivity index (χ0n) is 15.7. The van der Waals surface area contributed by atoms with Gasteiger partial charge in [-0.15, -0.1) is 0 Å². The Morgan fingerprint density at radius 1 is 1.14 bits per heavy atom. The van der Waals surface area contributed by atoms with E-state index < -0.39 is 0 Å². The summed E-state index contributed by atoms with van der Waals surface area (Å²) in [5.74, 6) is -0.754. The molecule has 1 aliphatic heterocycles. The highest BCUT2D eigenvalue weighted by Gasteiger charge is 2.23. The van der Waals surface area contributed by atoms with Gasteiger partial charge in [-0.25, -0.2) is 4.39 Å². The van der Waals surface area contributed by atoms with E-state index in [0.29, 0.717) is 30.0 Å². The van der Waals surface area contributed by atoms with Crippen molar-refractivity contribution in [1.82, 2.24) is 15.6 Å². The van der Waals surface area contributed by atoms with E-state index in [1.54, 1.807) is 6.20 Å². The largest absolute Gasteiger partial charge is 0.357 e. The van der Waals surface area contributed by atoms with E-state index in [2.05, 4.69) is 20.9 Å². The van der Waals surface area contributed by atoms with Crippen molar-refractivity contribution in [2.75, 3.05) is 11.9 Å². The number of rotatable bonds is 5. The first kappa shape index (κ1) is 18.9. The number of carbonyl (C=O) groups excluding carboxylic acids is 2. The first-order valence-electron chi connectivity index (χ1n) is 9.45. The molecule has 3 aromatic rings. The van der Waals surface area contributed by atoms with Crippen LogP contribution in [0.4, 0.5) is 10.1 Å². The van der Waals surface area contributed by atoms with Crippen molar-refractivity contribution >= 4 is 17.5 Å². The lowest BCUT2D eigenvalue weighted by molar-refractivity contribution is 0.0950. The Labute approximate surface area is 167 Å². The van der Waals surface area contributed by atoms with E-state index in [9.17, 15) is 14.0 Å². The molecule has 148 valence electrons. The number of hydrogen-bond acceptors (Lipinski definition) is 3. The highest BCUT2D eigenvalue weighted by atomic mass is 19.1. The standard InChI is InChI=1S/C22H21FN4O2/c23-16-6-4-15(5-7-16)21(28)27-17-3-1-2-14(12-17)13-26-19-9-11-25-22(29)20-18(19)8-10-24-20/h1-8,10,12,19,24,26H,9,11,13H2,(H,25,29)(H,27,28). The van der Waals surface area contributed by atoms with Gasteiger partial charge < -0.3 is 20.9 Å². The van der Waals surface area contributed by atoms with Crippen molar-refractivity contribution in [2.45, 2.75) is 19.0 Å². The fourth-order valence-electron chi connectivity index (χ4n) is 3.46. The Morgan fingerprint density at radius 3 is 2.79 bits per heavy atom. The van der Waals surface area contributed by atoms with Gasteiger partial charge in [0, 0.05) is 36.6 Å². The topological polar surface area (TPSA) is 86.0 Å². The zero-order chi connectivity index (χ0) is 20.2. The van der Waals surface area contributed by atoms with Crippen molar-refractivity contribution in [2.24, 2.45) is 0 Å². The van der Waals surface area contributed by atoms with E-state index in [0.717, 1.165) is 17.5 Å². The molecule has 1 aliphatic rings. The van der Waals surface area contributed by atoms with Gasteiger partial charge in [-0.1, -0.05) is 12.1 Å². The van der Waals surface area contributed by atoms with Gasteiger partial charge in [0.25, 0.3) is 11.8 Å². The number of halogens is 1. The zero-order valence-corrected chi connectivity index (χ0v) is 15.7. The van der Waals surface area contributed by atoms with Gasteiger partial charge in [0.2, 0.25) is 0 Å². The van der Waals surface area contributed by atoms with Gasteiger partial charge in [-0.05, 0) is 60.0 Å². The molecular formula is C22H21FN4O2. The summed E-state index contributed by atoms with van der Waals surface area (Å²) in [6.45, 7) is 1.19. The number of aromatic amines is 1. The van der Waals surface area contributed by atoms with Crippen LogP contribution in [0, 0.1) is 5.82 Å². The highest BCUT2D eigenvalue weighted by molar-refractivity contribution is 6.04. The van der Waals surface area contributed by atoms with Crippen molar-refractivity contribution in [3.05, 3.63) is 89.0 Å². The summed E-state index contributed by atoms with van der Waals surface area (Å²) < 4.78 is 13.0. The predicted molar refractivity (Wildman–Crippen MR) is 108 cm³/mol. The van der Waals surface area contributed by atoms with Crippen molar-refractivity contribution in [3.63, 3.8) is 0 Å². The third kappa shape index (κ3) is 4.35. The third-order valence-corrected chi connectivity index (χ3v) is 4.94. The molecule has 0 spiro atoms. The van der Waals surface area contributed by atoms with Crippen LogP contribution < -0.4 is 16.0 Å². The lowest BCUT2D eigenvalue weighted by Crippen LogP contribution is -2.24. The number of anilines is 1. The van der Waals surface area contributed by atoms with E-state index in [1.807, 2.05) is 30.3 Å². The Bertz CT molecular complexity index is 1030. The third-order valence-electron chi connectivity index (χ3n) is 4.94. The number of amides is 2. The molecule has 0 fully saturated rings. The number of fused-ring (bicyclic) bond motifs is 1. The molecule has 1 unspecified atom stereocenters. The lowest BCUT2D eigenvalue weighted by Gasteiger charge is -2.17. The molecule has 0 aliphatic carbocycles. The number of H-pyrrole nitrogens is 1. The normalized spacial score (nSPS) is 15.9. The Balaban J connectivity index is 1.42. The second-order valence-corrected chi connectivity index (χ2v) is 6.95. The molecule has 29 heavy (non-hydrogen) atoms. The minimum atomic E-state index is -0.379. The average molecular weight is 392 g/mol. The van der Waals surface area contributed by atoms with Gasteiger partial charge in [-0.2, -0.15) is 0 Å². The van der Waals surface area contributed by atoms with Gasteiger partial charge in [0.1, 0.15) is 11.5 Å². The summed E-state index contributed by atoms with van der Waals surface area (Å²) in [5.41, 5.74) is 3.62. The van der Waals surface area contributed by atoms with Crippen LogP contribution in [0.1, 0.15) is 44.4 Å². The van der Waals surface area contributed by atoms with Crippen molar-refractivity contribution in [3.8, 4) is 0 Å². The fraction of sp³-hybridized carbons (Fsp3) is 0.182. The van der Waals surface area contributed by atoms with Crippen molar-refractivity contribution < 1.29 is 14.0 Å². The Hall–Kier alpha value is -3.45. The van der Waals surface area contributed by atoms with Crippen LogP contribution in [0.5, 0.6) is 0 Å². The van der Waals surface area contributed by atoms with E-state index in [-0.39, 0.29) is 23.7 Å². The molecule has 0 bridgehead atoms. The molecule has 7 heteroatoms. The van der Waals surface area contributed by atoms with Crippen LogP contribution in [-0.2, 0) is 6.54 Å². The molecule has 4 rings (SSSR count). The van der Waals surface area contributed by atoms with E-state index in [1.165, 1.54) is 24.3 Å². The maximum atomic E-state index is 13.0. The first-order valence-corrected chi connectivity index (χ1v) is 9.45. The Kier molecular flexibility index (Phi) is 5.39. The molecular weight excluding hydrogens is 371 g/mol. The molecule has 0 saturated carbocycles. The molecule has 1 atom stereocenters.